The average Bonchev–Trinajstić information content (AvgIpc) is 2.84. The molecule has 0 aromatic heterocycles. The van der Waals surface area contributed by atoms with Crippen LogP contribution in [0.4, 0.5) is 15.8 Å². The second-order valence-corrected chi connectivity index (χ2v) is 9.62. The van der Waals surface area contributed by atoms with E-state index in [-0.39, 0.29) is 4.90 Å². The van der Waals surface area contributed by atoms with Gasteiger partial charge in [-0.3, -0.25) is 9.10 Å². The standard InChI is InChI=1S/C27H23FN2O3S/c1-20-11-15-23(16-12-20)30(34(32,33)24-17-13-22(28)14-18-24)19-27(31)29-26-10-6-5-9-25(26)21-7-3-2-4-8-21/h2-18H,19H2,1H3,(H,29,31). The number of anilines is 2. The fourth-order valence-corrected chi connectivity index (χ4v) is 4.96. The maximum atomic E-state index is 13.4. The van der Waals surface area contributed by atoms with Gasteiger partial charge in [0.1, 0.15) is 12.4 Å². The van der Waals surface area contributed by atoms with Crippen LogP contribution in [-0.2, 0) is 14.8 Å². The first-order valence-electron chi connectivity index (χ1n) is 10.6. The zero-order valence-electron chi connectivity index (χ0n) is 18.5. The quantitative estimate of drug-likeness (QED) is 0.377. The molecule has 1 N–H and O–H groups in total. The molecule has 0 aliphatic carbocycles. The number of aryl methyl sites for hydroxylation is 1. The Morgan fingerprint density at radius 2 is 1.44 bits per heavy atom. The van der Waals surface area contributed by atoms with Crippen molar-refractivity contribution in [1.82, 2.24) is 0 Å². The number of amides is 1. The van der Waals surface area contributed by atoms with Crippen molar-refractivity contribution in [2.24, 2.45) is 0 Å². The number of para-hydroxylation sites is 1. The van der Waals surface area contributed by atoms with Gasteiger partial charge in [0.2, 0.25) is 5.91 Å². The number of hydrogen-bond acceptors (Lipinski definition) is 3. The van der Waals surface area contributed by atoms with Crippen molar-refractivity contribution in [3.8, 4) is 11.1 Å². The van der Waals surface area contributed by atoms with Crippen molar-refractivity contribution in [3.63, 3.8) is 0 Å². The molecular formula is C27H23FN2O3S. The molecule has 0 saturated carbocycles. The third kappa shape index (κ3) is 5.15. The maximum absolute atomic E-state index is 13.4. The Labute approximate surface area is 198 Å². The van der Waals surface area contributed by atoms with Crippen LogP contribution in [0.2, 0.25) is 0 Å². The Morgan fingerprint density at radius 3 is 2.12 bits per heavy atom. The number of hydrogen-bond donors (Lipinski definition) is 1. The highest BCUT2D eigenvalue weighted by Gasteiger charge is 2.27. The molecule has 34 heavy (non-hydrogen) atoms. The first-order valence-corrected chi connectivity index (χ1v) is 12.1. The van der Waals surface area contributed by atoms with Crippen LogP contribution in [0.15, 0.2) is 108 Å². The van der Waals surface area contributed by atoms with E-state index in [1.165, 1.54) is 12.1 Å². The molecule has 0 aliphatic heterocycles. The van der Waals surface area contributed by atoms with E-state index in [1.807, 2.05) is 49.4 Å². The second-order valence-electron chi connectivity index (χ2n) is 7.76. The van der Waals surface area contributed by atoms with Crippen LogP contribution < -0.4 is 9.62 Å². The number of carbonyl (C=O) groups is 1. The normalized spacial score (nSPS) is 11.1. The average molecular weight is 475 g/mol. The molecule has 4 rings (SSSR count). The van der Waals surface area contributed by atoms with Gasteiger partial charge in [-0.15, -0.1) is 0 Å². The molecule has 0 atom stereocenters. The summed E-state index contributed by atoms with van der Waals surface area (Å²) >= 11 is 0. The van der Waals surface area contributed by atoms with E-state index in [2.05, 4.69) is 5.32 Å². The summed E-state index contributed by atoms with van der Waals surface area (Å²) in [5, 5.41) is 2.85. The van der Waals surface area contributed by atoms with Gasteiger partial charge in [0.15, 0.2) is 0 Å². The van der Waals surface area contributed by atoms with Crippen LogP contribution in [0, 0.1) is 12.7 Å². The topological polar surface area (TPSA) is 66.5 Å². The molecule has 0 spiro atoms. The molecule has 0 saturated heterocycles. The van der Waals surface area contributed by atoms with Crippen molar-refractivity contribution >= 4 is 27.3 Å². The molecule has 4 aromatic rings. The number of halogens is 1. The van der Waals surface area contributed by atoms with Crippen LogP contribution in [-0.4, -0.2) is 20.9 Å². The molecule has 4 aromatic carbocycles. The zero-order valence-corrected chi connectivity index (χ0v) is 19.3. The van der Waals surface area contributed by atoms with Crippen molar-refractivity contribution in [2.45, 2.75) is 11.8 Å². The summed E-state index contributed by atoms with van der Waals surface area (Å²) in [5.41, 5.74) is 3.60. The molecule has 0 radical (unpaired) electrons. The Hall–Kier alpha value is -3.97. The third-order valence-electron chi connectivity index (χ3n) is 5.30. The monoisotopic (exact) mass is 474 g/mol. The number of nitrogens with one attached hydrogen (secondary N) is 1. The van der Waals surface area contributed by atoms with Crippen molar-refractivity contribution in [3.05, 3.63) is 115 Å². The molecule has 0 bridgehead atoms. The molecule has 0 unspecified atom stereocenters. The molecular weight excluding hydrogens is 451 g/mol. The van der Waals surface area contributed by atoms with Crippen LogP contribution in [0.25, 0.3) is 11.1 Å². The summed E-state index contributed by atoms with van der Waals surface area (Å²) in [4.78, 5) is 13.0. The van der Waals surface area contributed by atoms with E-state index in [1.54, 1.807) is 36.4 Å². The van der Waals surface area contributed by atoms with E-state index in [9.17, 15) is 17.6 Å². The minimum Gasteiger partial charge on any atom is -0.324 e. The van der Waals surface area contributed by atoms with Gasteiger partial charge in [-0.25, -0.2) is 12.8 Å². The highest BCUT2D eigenvalue weighted by atomic mass is 32.2. The first kappa shape index (κ1) is 23.2. The van der Waals surface area contributed by atoms with Gasteiger partial charge in [0.25, 0.3) is 10.0 Å². The SMILES string of the molecule is Cc1ccc(N(CC(=O)Nc2ccccc2-c2ccccc2)S(=O)(=O)c2ccc(F)cc2)cc1. The Morgan fingerprint density at radius 1 is 0.824 bits per heavy atom. The highest BCUT2D eigenvalue weighted by molar-refractivity contribution is 7.92. The molecule has 1 amide bonds. The minimum atomic E-state index is -4.13. The lowest BCUT2D eigenvalue weighted by Gasteiger charge is -2.24. The van der Waals surface area contributed by atoms with E-state index < -0.39 is 28.3 Å². The van der Waals surface area contributed by atoms with Gasteiger partial charge >= 0.3 is 0 Å². The predicted molar refractivity (Wildman–Crippen MR) is 133 cm³/mol. The molecule has 0 fully saturated rings. The van der Waals surface area contributed by atoms with Crippen molar-refractivity contribution in [1.29, 1.82) is 0 Å². The van der Waals surface area contributed by atoms with E-state index in [0.717, 1.165) is 33.1 Å². The molecule has 0 heterocycles. The van der Waals surface area contributed by atoms with Gasteiger partial charge in [0, 0.05) is 11.3 Å². The smallest absolute Gasteiger partial charge is 0.264 e. The lowest BCUT2D eigenvalue weighted by atomic mass is 10.0. The van der Waals surface area contributed by atoms with E-state index in [4.69, 9.17) is 0 Å². The van der Waals surface area contributed by atoms with Crippen LogP contribution in [0.1, 0.15) is 5.56 Å². The fraction of sp³-hybridized carbons (Fsp3) is 0.0741. The largest absolute Gasteiger partial charge is 0.324 e. The first-order chi connectivity index (χ1) is 16.3. The Balaban J connectivity index is 1.66. The van der Waals surface area contributed by atoms with Crippen LogP contribution >= 0.6 is 0 Å². The van der Waals surface area contributed by atoms with Crippen molar-refractivity contribution < 1.29 is 17.6 Å². The Bertz CT molecular complexity index is 1390. The zero-order chi connectivity index (χ0) is 24.1. The van der Waals surface area contributed by atoms with Gasteiger partial charge < -0.3 is 5.32 Å². The summed E-state index contributed by atoms with van der Waals surface area (Å²) in [7, 11) is -4.13. The summed E-state index contributed by atoms with van der Waals surface area (Å²) in [5.74, 6) is -1.05. The summed E-state index contributed by atoms with van der Waals surface area (Å²) < 4.78 is 41.3. The lowest BCUT2D eigenvalue weighted by molar-refractivity contribution is -0.114. The lowest BCUT2D eigenvalue weighted by Crippen LogP contribution is -2.38. The summed E-state index contributed by atoms with van der Waals surface area (Å²) in [6, 6.07) is 28.3. The summed E-state index contributed by atoms with van der Waals surface area (Å²) in [6.07, 6.45) is 0. The number of carbonyl (C=O) groups excluding carboxylic acids is 1. The fourth-order valence-electron chi connectivity index (χ4n) is 3.54. The molecule has 5 nitrogen and oxygen atoms in total. The van der Waals surface area contributed by atoms with Gasteiger partial charge in [-0.2, -0.15) is 0 Å². The number of sulfonamides is 1. The van der Waals surface area contributed by atoms with Gasteiger partial charge in [-0.1, -0.05) is 66.2 Å². The van der Waals surface area contributed by atoms with Gasteiger partial charge in [0.05, 0.1) is 10.6 Å². The third-order valence-corrected chi connectivity index (χ3v) is 7.08. The van der Waals surface area contributed by atoms with E-state index in [0.29, 0.717) is 11.4 Å². The molecule has 7 heteroatoms. The molecule has 0 aliphatic rings. The maximum Gasteiger partial charge on any atom is 0.264 e. The number of benzene rings is 4. The Kier molecular flexibility index (Phi) is 6.75. The molecule has 172 valence electrons. The van der Waals surface area contributed by atoms with Crippen LogP contribution in [0.5, 0.6) is 0 Å². The number of rotatable bonds is 7. The minimum absolute atomic E-state index is 0.105. The van der Waals surface area contributed by atoms with E-state index >= 15 is 0 Å². The van der Waals surface area contributed by atoms with Crippen molar-refractivity contribution in [2.75, 3.05) is 16.2 Å². The van der Waals surface area contributed by atoms with Crippen LogP contribution in [0.3, 0.4) is 0 Å². The van der Waals surface area contributed by atoms with Gasteiger partial charge in [-0.05, 0) is 55.0 Å². The summed E-state index contributed by atoms with van der Waals surface area (Å²) in [6.45, 7) is 1.43. The predicted octanol–water partition coefficient (Wildman–Crippen LogP) is 5.64. The highest BCUT2D eigenvalue weighted by Crippen LogP contribution is 2.28. The second kappa shape index (κ2) is 9.89. The number of nitrogens with zero attached hydrogens (tertiary/aromatic N) is 1.